The molecule has 0 spiro atoms. The van der Waals surface area contributed by atoms with E-state index in [4.69, 9.17) is 5.73 Å². The van der Waals surface area contributed by atoms with Crippen LogP contribution in [-0.4, -0.2) is 10.9 Å². The monoisotopic (exact) mass is 283 g/mol. The first-order valence-electron chi connectivity index (χ1n) is 6.98. The molecule has 1 atom stereocenters. The lowest BCUT2D eigenvalue weighted by molar-refractivity contribution is -0.126. The molecule has 0 saturated heterocycles. The van der Waals surface area contributed by atoms with Gasteiger partial charge in [0.05, 0.1) is 11.5 Å². The molecule has 0 bridgehead atoms. The zero-order valence-electron chi connectivity index (χ0n) is 12.6. The Bertz CT molecular complexity index is 606. The Hall–Kier alpha value is -2.36. The van der Waals surface area contributed by atoms with E-state index in [-0.39, 0.29) is 11.9 Å². The molecule has 21 heavy (non-hydrogen) atoms. The van der Waals surface area contributed by atoms with Gasteiger partial charge in [-0.1, -0.05) is 12.1 Å². The summed E-state index contributed by atoms with van der Waals surface area (Å²) in [6.07, 6.45) is 3.45. The van der Waals surface area contributed by atoms with Crippen molar-refractivity contribution in [1.82, 2.24) is 10.3 Å². The highest BCUT2D eigenvalue weighted by Gasteiger charge is 2.30. The number of carbonyl (C=O) groups is 1. The average Bonchev–Trinajstić information content (AvgIpc) is 2.48. The van der Waals surface area contributed by atoms with Crippen molar-refractivity contribution in [2.24, 2.45) is 0 Å². The maximum absolute atomic E-state index is 12.6. The predicted molar refractivity (Wildman–Crippen MR) is 84.7 cm³/mol. The number of nitrogens with one attached hydrogen (secondary N) is 1. The summed E-state index contributed by atoms with van der Waals surface area (Å²) in [5.41, 5.74) is 7.75. The van der Waals surface area contributed by atoms with Crippen LogP contribution in [0.15, 0.2) is 48.8 Å². The fourth-order valence-electron chi connectivity index (χ4n) is 2.14. The van der Waals surface area contributed by atoms with Crippen molar-refractivity contribution in [3.05, 3.63) is 59.9 Å². The Labute approximate surface area is 125 Å². The van der Waals surface area contributed by atoms with Crippen molar-refractivity contribution < 1.29 is 4.79 Å². The minimum atomic E-state index is -0.616. The van der Waals surface area contributed by atoms with Crippen LogP contribution in [0.2, 0.25) is 0 Å². The molecular weight excluding hydrogens is 262 g/mol. The second kappa shape index (κ2) is 5.95. The van der Waals surface area contributed by atoms with Gasteiger partial charge in [0.1, 0.15) is 0 Å². The number of carbonyl (C=O) groups excluding carboxylic acids is 1. The number of hydrogen-bond acceptors (Lipinski definition) is 3. The molecule has 1 heterocycles. The number of anilines is 1. The molecule has 0 radical (unpaired) electrons. The van der Waals surface area contributed by atoms with Gasteiger partial charge in [0.25, 0.3) is 0 Å². The number of pyridine rings is 1. The number of nitrogen functional groups attached to an aromatic ring is 1. The van der Waals surface area contributed by atoms with E-state index in [1.165, 1.54) is 0 Å². The number of aromatic nitrogens is 1. The van der Waals surface area contributed by atoms with Crippen molar-refractivity contribution in [3.8, 4) is 0 Å². The summed E-state index contributed by atoms with van der Waals surface area (Å²) in [7, 11) is 0. The van der Waals surface area contributed by atoms with Crippen LogP contribution < -0.4 is 11.1 Å². The van der Waals surface area contributed by atoms with Crippen LogP contribution in [0, 0.1) is 0 Å². The highest BCUT2D eigenvalue weighted by Crippen LogP contribution is 2.25. The first-order chi connectivity index (χ1) is 9.91. The summed E-state index contributed by atoms with van der Waals surface area (Å²) in [5, 5.41) is 3.05. The topological polar surface area (TPSA) is 68.0 Å². The zero-order chi connectivity index (χ0) is 15.5. The SMILES string of the molecule is CC(NC(=O)C(C)(C)c1ccc(N)cc1)c1ccncc1. The van der Waals surface area contributed by atoms with Crippen molar-refractivity contribution in [1.29, 1.82) is 0 Å². The zero-order valence-corrected chi connectivity index (χ0v) is 12.6. The predicted octanol–water partition coefficient (Wildman–Crippen LogP) is 2.82. The van der Waals surface area contributed by atoms with Crippen LogP contribution in [0.5, 0.6) is 0 Å². The molecule has 2 rings (SSSR count). The molecule has 1 amide bonds. The summed E-state index contributed by atoms with van der Waals surface area (Å²) >= 11 is 0. The molecule has 0 fully saturated rings. The van der Waals surface area contributed by atoms with Crippen LogP contribution in [0.1, 0.15) is 37.9 Å². The highest BCUT2D eigenvalue weighted by molar-refractivity contribution is 5.87. The lowest BCUT2D eigenvalue weighted by Crippen LogP contribution is -2.41. The molecule has 0 aliphatic carbocycles. The molecule has 2 aromatic rings. The van der Waals surface area contributed by atoms with Gasteiger partial charge in [-0.05, 0) is 56.2 Å². The van der Waals surface area contributed by atoms with Crippen LogP contribution in [0.3, 0.4) is 0 Å². The van der Waals surface area contributed by atoms with E-state index >= 15 is 0 Å². The smallest absolute Gasteiger partial charge is 0.230 e. The molecule has 0 aliphatic heterocycles. The lowest BCUT2D eigenvalue weighted by Gasteiger charge is -2.26. The minimum absolute atomic E-state index is 0.0171. The minimum Gasteiger partial charge on any atom is -0.399 e. The van der Waals surface area contributed by atoms with Crippen LogP contribution >= 0.6 is 0 Å². The molecule has 4 heteroatoms. The normalized spacial score (nSPS) is 12.7. The fraction of sp³-hybridized carbons (Fsp3) is 0.294. The third-order valence-electron chi connectivity index (χ3n) is 3.75. The third-order valence-corrected chi connectivity index (χ3v) is 3.75. The summed E-state index contributed by atoms with van der Waals surface area (Å²) in [6, 6.07) is 11.2. The molecule has 3 N–H and O–H groups in total. The standard InChI is InChI=1S/C17H21N3O/c1-12(13-8-10-19-11-9-13)20-16(21)17(2,3)14-4-6-15(18)7-5-14/h4-12H,18H2,1-3H3,(H,20,21). The highest BCUT2D eigenvalue weighted by atomic mass is 16.2. The first kappa shape index (κ1) is 15.0. The molecule has 0 aliphatic rings. The second-order valence-electron chi connectivity index (χ2n) is 5.72. The molecule has 1 aromatic heterocycles. The third kappa shape index (κ3) is 3.40. The van der Waals surface area contributed by atoms with Gasteiger partial charge in [-0.25, -0.2) is 0 Å². The van der Waals surface area contributed by atoms with Gasteiger partial charge in [0.2, 0.25) is 5.91 Å². The summed E-state index contributed by atoms with van der Waals surface area (Å²) < 4.78 is 0. The van der Waals surface area contributed by atoms with Gasteiger partial charge in [-0.2, -0.15) is 0 Å². The molecule has 4 nitrogen and oxygen atoms in total. The number of amides is 1. The van der Waals surface area contributed by atoms with Crippen molar-refractivity contribution in [2.45, 2.75) is 32.2 Å². The second-order valence-corrected chi connectivity index (χ2v) is 5.72. The molecular formula is C17H21N3O. The fourth-order valence-corrected chi connectivity index (χ4v) is 2.14. The Balaban J connectivity index is 2.13. The van der Waals surface area contributed by atoms with E-state index in [1.54, 1.807) is 12.4 Å². The van der Waals surface area contributed by atoms with Crippen LogP contribution in [-0.2, 0) is 10.2 Å². The number of hydrogen-bond donors (Lipinski definition) is 2. The van der Waals surface area contributed by atoms with Gasteiger partial charge in [0, 0.05) is 18.1 Å². The Morgan fingerprint density at radius 1 is 1.14 bits per heavy atom. The molecule has 0 saturated carbocycles. The molecule has 1 aromatic carbocycles. The summed E-state index contributed by atoms with van der Waals surface area (Å²) in [4.78, 5) is 16.6. The average molecular weight is 283 g/mol. The van der Waals surface area contributed by atoms with Crippen molar-refractivity contribution in [3.63, 3.8) is 0 Å². The van der Waals surface area contributed by atoms with E-state index in [0.29, 0.717) is 5.69 Å². The lowest BCUT2D eigenvalue weighted by atomic mass is 9.83. The maximum atomic E-state index is 12.6. The van der Waals surface area contributed by atoms with Gasteiger partial charge >= 0.3 is 0 Å². The number of nitrogens with zero attached hydrogens (tertiary/aromatic N) is 1. The van der Waals surface area contributed by atoms with E-state index in [0.717, 1.165) is 11.1 Å². The number of rotatable bonds is 4. The van der Waals surface area contributed by atoms with Crippen LogP contribution in [0.25, 0.3) is 0 Å². The quantitative estimate of drug-likeness (QED) is 0.848. The van der Waals surface area contributed by atoms with Gasteiger partial charge < -0.3 is 11.1 Å². The van der Waals surface area contributed by atoms with Crippen molar-refractivity contribution >= 4 is 11.6 Å². The van der Waals surface area contributed by atoms with E-state index in [2.05, 4.69) is 10.3 Å². The summed E-state index contributed by atoms with van der Waals surface area (Å²) in [5.74, 6) is -0.0171. The summed E-state index contributed by atoms with van der Waals surface area (Å²) in [6.45, 7) is 5.78. The van der Waals surface area contributed by atoms with E-state index in [9.17, 15) is 4.79 Å². The molecule has 110 valence electrons. The number of nitrogens with two attached hydrogens (primary N) is 1. The number of benzene rings is 1. The van der Waals surface area contributed by atoms with Crippen molar-refractivity contribution in [2.75, 3.05) is 5.73 Å². The first-order valence-corrected chi connectivity index (χ1v) is 6.98. The maximum Gasteiger partial charge on any atom is 0.230 e. The molecule has 1 unspecified atom stereocenters. The van der Waals surface area contributed by atoms with E-state index in [1.807, 2.05) is 57.2 Å². The van der Waals surface area contributed by atoms with Gasteiger partial charge in [-0.3, -0.25) is 9.78 Å². The Morgan fingerprint density at radius 2 is 1.71 bits per heavy atom. The van der Waals surface area contributed by atoms with Crippen LogP contribution in [0.4, 0.5) is 5.69 Å². The Morgan fingerprint density at radius 3 is 2.29 bits per heavy atom. The Kier molecular flexibility index (Phi) is 4.26. The van der Waals surface area contributed by atoms with Gasteiger partial charge in [-0.15, -0.1) is 0 Å². The van der Waals surface area contributed by atoms with E-state index < -0.39 is 5.41 Å². The largest absolute Gasteiger partial charge is 0.399 e. The van der Waals surface area contributed by atoms with Gasteiger partial charge in [0.15, 0.2) is 0 Å².